The molecule has 4 nitrogen and oxygen atoms in total. The molecule has 2 aliphatic heterocycles. The molecule has 25 heavy (non-hydrogen) atoms. The molecule has 0 fully saturated rings. The maximum absolute atomic E-state index is 5.96. The lowest BCUT2D eigenvalue weighted by molar-refractivity contribution is 0.343. The van der Waals surface area contributed by atoms with Gasteiger partial charge in [-0.25, -0.2) is 0 Å². The van der Waals surface area contributed by atoms with Crippen LogP contribution in [0.4, 0.5) is 0 Å². The van der Waals surface area contributed by atoms with E-state index in [1.807, 2.05) is 24.2 Å². The Morgan fingerprint density at radius 1 is 1.16 bits per heavy atom. The summed E-state index contributed by atoms with van der Waals surface area (Å²) in [6, 6.07) is 15.2. The molecule has 2 heterocycles. The third kappa shape index (κ3) is 3.44. The summed E-state index contributed by atoms with van der Waals surface area (Å²) >= 11 is 0. The molecule has 4 rings (SSSR count). The van der Waals surface area contributed by atoms with Crippen LogP contribution in [0.25, 0.3) is 11.1 Å². The monoisotopic (exact) mass is 333 g/mol. The molecule has 0 bridgehead atoms. The lowest BCUT2D eigenvalue weighted by Crippen LogP contribution is -2.36. The average molecular weight is 333 g/mol. The van der Waals surface area contributed by atoms with Crippen LogP contribution in [0.2, 0.25) is 0 Å². The van der Waals surface area contributed by atoms with Crippen molar-refractivity contribution in [1.29, 1.82) is 0 Å². The lowest BCUT2D eigenvalue weighted by atomic mass is 9.98. The normalized spacial score (nSPS) is 18.7. The van der Waals surface area contributed by atoms with E-state index in [1.54, 1.807) is 0 Å². The van der Waals surface area contributed by atoms with Crippen molar-refractivity contribution in [3.63, 3.8) is 0 Å². The van der Waals surface area contributed by atoms with Gasteiger partial charge in [-0.15, -0.1) is 0 Å². The van der Waals surface area contributed by atoms with Crippen LogP contribution in [0, 0.1) is 0 Å². The van der Waals surface area contributed by atoms with Crippen molar-refractivity contribution in [2.24, 2.45) is 10.7 Å². The highest BCUT2D eigenvalue weighted by atomic mass is 16.5. The summed E-state index contributed by atoms with van der Waals surface area (Å²) in [6.07, 6.45) is 6.65. The van der Waals surface area contributed by atoms with Gasteiger partial charge in [0.25, 0.3) is 0 Å². The standard InChI is InChI=1S/C21H23N3O/c1-24-11-9-19(23-21(24)22)7-5-15-3-2-4-16(13-15)17-6-8-20-18(14-17)10-12-25-20/h2-4,6,8-9,11,13-14,21H,5,7,10,12,22H2,1H3. The van der Waals surface area contributed by atoms with E-state index in [0.29, 0.717) is 0 Å². The molecule has 2 aromatic rings. The third-order valence-electron chi connectivity index (χ3n) is 4.84. The second-order valence-corrected chi connectivity index (χ2v) is 6.64. The van der Waals surface area contributed by atoms with Gasteiger partial charge in [0.05, 0.1) is 6.61 Å². The van der Waals surface area contributed by atoms with Crippen LogP contribution in [-0.4, -0.2) is 30.6 Å². The summed E-state index contributed by atoms with van der Waals surface area (Å²) in [5.41, 5.74) is 12.2. The van der Waals surface area contributed by atoms with Crippen LogP contribution in [0.1, 0.15) is 17.5 Å². The van der Waals surface area contributed by atoms with Crippen LogP contribution >= 0.6 is 0 Å². The fourth-order valence-corrected chi connectivity index (χ4v) is 3.29. The number of hydrogen-bond acceptors (Lipinski definition) is 4. The number of benzene rings is 2. The van der Waals surface area contributed by atoms with Gasteiger partial charge < -0.3 is 9.64 Å². The molecule has 0 amide bonds. The van der Waals surface area contributed by atoms with Crippen molar-refractivity contribution < 1.29 is 4.74 Å². The fraction of sp³-hybridized carbons (Fsp3) is 0.286. The van der Waals surface area contributed by atoms with E-state index in [0.717, 1.165) is 37.3 Å². The molecular formula is C21H23N3O. The van der Waals surface area contributed by atoms with E-state index in [4.69, 9.17) is 10.5 Å². The highest BCUT2D eigenvalue weighted by molar-refractivity contribution is 5.95. The number of allylic oxidation sites excluding steroid dienone is 1. The maximum atomic E-state index is 5.96. The predicted molar refractivity (Wildman–Crippen MR) is 102 cm³/mol. The van der Waals surface area contributed by atoms with Gasteiger partial charge in [0.1, 0.15) is 5.75 Å². The van der Waals surface area contributed by atoms with Gasteiger partial charge in [0.2, 0.25) is 0 Å². The van der Waals surface area contributed by atoms with Crippen LogP contribution in [-0.2, 0) is 12.8 Å². The zero-order valence-corrected chi connectivity index (χ0v) is 14.5. The molecule has 2 aliphatic rings. The van der Waals surface area contributed by atoms with Gasteiger partial charge in [0, 0.05) is 25.4 Å². The van der Waals surface area contributed by atoms with Gasteiger partial charge in [-0.05, 0) is 53.3 Å². The molecule has 0 saturated carbocycles. The van der Waals surface area contributed by atoms with Crippen molar-refractivity contribution in [1.82, 2.24) is 4.90 Å². The van der Waals surface area contributed by atoms with Crippen molar-refractivity contribution in [2.45, 2.75) is 25.6 Å². The van der Waals surface area contributed by atoms with Gasteiger partial charge in [-0.2, -0.15) is 0 Å². The molecule has 4 heteroatoms. The molecule has 1 unspecified atom stereocenters. The maximum Gasteiger partial charge on any atom is 0.173 e. The van der Waals surface area contributed by atoms with Gasteiger partial charge in [0.15, 0.2) is 6.29 Å². The Morgan fingerprint density at radius 2 is 2.04 bits per heavy atom. The Bertz CT molecular complexity index is 841. The minimum atomic E-state index is -0.264. The molecule has 0 aliphatic carbocycles. The lowest BCUT2D eigenvalue weighted by Gasteiger charge is -2.23. The molecule has 0 saturated heterocycles. The number of fused-ring (bicyclic) bond motifs is 1. The zero-order valence-electron chi connectivity index (χ0n) is 14.5. The summed E-state index contributed by atoms with van der Waals surface area (Å²) in [6.45, 7) is 0.797. The first kappa shape index (κ1) is 15.9. The fourth-order valence-electron chi connectivity index (χ4n) is 3.29. The van der Waals surface area contributed by atoms with Gasteiger partial charge >= 0.3 is 0 Å². The molecule has 0 aromatic heterocycles. The molecular weight excluding hydrogens is 310 g/mol. The van der Waals surface area contributed by atoms with Crippen LogP contribution in [0.5, 0.6) is 5.75 Å². The second kappa shape index (κ2) is 6.73. The molecule has 1 atom stereocenters. The van der Waals surface area contributed by atoms with Gasteiger partial charge in [-0.1, -0.05) is 30.3 Å². The van der Waals surface area contributed by atoms with E-state index < -0.39 is 0 Å². The number of ether oxygens (including phenoxy) is 1. The van der Waals surface area contributed by atoms with Crippen molar-refractivity contribution in [3.05, 3.63) is 65.9 Å². The van der Waals surface area contributed by atoms with E-state index >= 15 is 0 Å². The van der Waals surface area contributed by atoms with Crippen LogP contribution in [0.15, 0.2) is 59.7 Å². The Hall–Kier alpha value is -2.59. The van der Waals surface area contributed by atoms with E-state index in [-0.39, 0.29) is 6.29 Å². The van der Waals surface area contributed by atoms with E-state index in [9.17, 15) is 0 Å². The Labute approximate surface area is 148 Å². The van der Waals surface area contributed by atoms with E-state index in [2.05, 4.69) is 47.5 Å². The Balaban J connectivity index is 1.48. The summed E-state index contributed by atoms with van der Waals surface area (Å²) in [5, 5.41) is 0. The number of aliphatic imine (C=N–C) groups is 1. The quantitative estimate of drug-likeness (QED) is 0.933. The number of rotatable bonds is 4. The number of hydrogen-bond donors (Lipinski definition) is 1. The minimum Gasteiger partial charge on any atom is -0.493 e. The largest absolute Gasteiger partial charge is 0.493 e. The van der Waals surface area contributed by atoms with Gasteiger partial charge in [-0.3, -0.25) is 10.7 Å². The molecule has 0 spiro atoms. The Kier molecular flexibility index (Phi) is 4.28. The summed E-state index contributed by atoms with van der Waals surface area (Å²) in [5.74, 6) is 1.03. The smallest absolute Gasteiger partial charge is 0.173 e. The van der Waals surface area contributed by atoms with Crippen molar-refractivity contribution in [3.8, 4) is 16.9 Å². The number of nitrogens with two attached hydrogens (primary N) is 1. The zero-order chi connectivity index (χ0) is 17.2. The predicted octanol–water partition coefficient (Wildman–Crippen LogP) is 3.36. The SMILES string of the molecule is CN1C=CC(CCc2cccc(-c3ccc4c(c3)CCO4)c2)=NC1N. The molecule has 0 radical (unpaired) electrons. The highest BCUT2D eigenvalue weighted by Crippen LogP contribution is 2.30. The topological polar surface area (TPSA) is 50.8 Å². The van der Waals surface area contributed by atoms with Crippen LogP contribution in [0.3, 0.4) is 0 Å². The number of nitrogens with zero attached hydrogens (tertiary/aromatic N) is 2. The van der Waals surface area contributed by atoms with Crippen molar-refractivity contribution >= 4 is 5.71 Å². The third-order valence-corrected chi connectivity index (χ3v) is 4.84. The minimum absolute atomic E-state index is 0.264. The first-order valence-corrected chi connectivity index (χ1v) is 8.76. The first-order chi connectivity index (χ1) is 12.2. The number of aryl methyl sites for hydroxylation is 1. The molecule has 2 aromatic carbocycles. The first-order valence-electron chi connectivity index (χ1n) is 8.76. The van der Waals surface area contributed by atoms with Crippen molar-refractivity contribution in [2.75, 3.05) is 13.7 Å². The Morgan fingerprint density at radius 3 is 2.92 bits per heavy atom. The van der Waals surface area contributed by atoms with E-state index in [1.165, 1.54) is 22.3 Å². The summed E-state index contributed by atoms with van der Waals surface area (Å²) < 4.78 is 5.60. The molecule has 128 valence electrons. The summed E-state index contributed by atoms with van der Waals surface area (Å²) in [4.78, 5) is 6.42. The summed E-state index contributed by atoms with van der Waals surface area (Å²) in [7, 11) is 1.94. The second-order valence-electron chi connectivity index (χ2n) is 6.64. The average Bonchev–Trinajstić information content (AvgIpc) is 3.11. The van der Waals surface area contributed by atoms with Crippen LogP contribution < -0.4 is 10.5 Å². The highest BCUT2D eigenvalue weighted by Gasteiger charge is 2.13. The molecule has 2 N–H and O–H groups in total.